The van der Waals surface area contributed by atoms with Gasteiger partial charge in [0.2, 0.25) is 11.8 Å². The van der Waals surface area contributed by atoms with Crippen molar-refractivity contribution in [3.05, 3.63) is 71.8 Å². The number of primary amides is 1. The zero-order chi connectivity index (χ0) is 19.5. The van der Waals surface area contributed by atoms with Gasteiger partial charge in [-0.1, -0.05) is 60.7 Å². The second-order valence-corrected chi connectivity index (χ2v) is 6.76. The van der Waals surface area contributed by atoms with Crippen molar-refractivity contribution in [1.29, 1.82) is 0 Å². The fourth-order valence-corrected chi connectivity index (χ4v) is 2.95. The van der Waals surface area contributed by atoms with Crippen LogP contribution in [0, 0.1) is 0 Å². The maximum atomic E-state index is 12.1. The van der Waals surface area contributed by atoms with E-state index in [-0.39, 0.29) is 23.9 Å². The summed E-state index contributed by atoms with van der Waals surface area (Å²) < 4.78 is 0. The Balaban J connectivity index is 1.65. The fraction of sp³-hybridized carbons (Fsp3) is 0.364. The SMILES string of the molecule is CC(NC(=O)CCCCN[C@@H](Cc1ccccc1)C(N)=O)c1ccccc1. The maximum absolute atomic E-state index is 12.1. The lowest BCUT2D eigenvalue weighted by atomic mass is 10.1. The van der Waals surface area contributed by atoms with Crippen molar-refractivity contribution in [3.63, 3.8) is 0 Å². The van der Waals surface area contributed by atoms with Crippen molar-refractivity contribution in [2.24, 2.45) is 5.73 Å². The van der Waals surface area contributed by atoms with Gasteiger partial charge in [0, 0.05) is 6.42 Å². The summed E-state index contributed by atoms with van der Waals surface area (Å²) in [4.78, 5) is 23.7. The van der Waals surface area contributed by atoms with Crippen LogP contribution in [-0.2, 0) is 16.0 Å². The van der Waals surface area contributed by atoms with Crippen molar-refractivity contribution in [2.75, 3.05) is 6.54 Å². The standard InChI is InChI=1S/C22H29N3O2/c1-17(19-12-6-3-7-13-19)25-21(26)14-8-9-15-24-20(22(23)27)16-18-10-4-2-5-11-18/h2-7,10-13,17,20,24H,8-9,14-16H2,1H3,(H2,23,27)(H,25,26)/t17?,20-/m0/s1. The molecule has 0 saturated heterocycles. The number of unbranched alkanes of at least 4 members (excludes halogenated alkanes) is 1. The lowest BCUT2D eigenvalue weighted by molar-refractivity contribution is -0.122. The molecule has 2 atom stereocenters. The number of rotatable bonds is 11. The van der Waals surface area contributed by atoms with Crippen molar-refractivity contribution < 1.29 is 9.59 Å². The second kappa shape index (κ2) is 11.1. The van der Waals surface area contributed by atoms with E-state index in [1.165, 1.54) is 0 Å². The first-order valence-corrected chi connectivity index (χ1v) is 9.47. The molecular formula is C22H29N3O2. The molecular weight excluding hydrogens is 338 g/mol. The average molecular weight is 367 g/mol. The van der Waals surface area contributed by atoms with Crippen molar-refractivity contribution in [2.45, 2.75) is 44.7 Å². The summed E-state index contributed by atoms with van der Waals surface area (Å²) in [5, 5.41) is 6.22. The van der Waals surface area contributed by atoms with Crippen molar-refractivity contribution >= 4 is 11.8 Å². The molecule has 2 rings (SSSR count). The van der Waals surface area contributed by atoms with Gasteiger partial charge in [-0.25, -0.2) is 0 Å². The Kier molecular flexibility index (Phi) is 8.52. The number of amides is 2. The van der Waals surface area contributed by atoms with Crippen molar-refractivity contribution in [1.82, 2.24) is 10.6 Å². The minimum atomic E-state index is -0.390. The molecule has 0 aliphatic rings. The first kappa shape index (κ1) is 20.6. The molecule has 0 aliphatic carbocycles. The summed E-state index contributed by atoms with van der Waals surface area (Å²) in [5.41, 5.74) is 7.66. The fourth-order valence-electron chi connectivity index (χ4n) is 2.95. The minimum Gasteiger partial charge on any atom is -0.368 e. The summed E-state index contributed by atoms with van der Waals surface area (Å²) in [7, 11) is 0. The summed E-state index contributed by atoms with van der Waals surface area (Å²) in [6, 6.07) is 19.3. The van der Waals surface area contributed by atoms with Crippen LogP contribution >= 0.6 is 0 Å². The van der Waals surface area contributed by atoms with Crippen molar-refractivity contribution in [3.8, 4) is 0 Å². The van der Waals surface area contributed by atoms with Gasteiger partial charge in [0.25, 0.3) is 0 Å². The normalized spacial score (nSPS) is 12.9. The summed E-state index contributed by atoms with van der Waals surface area (Å²) in [6.45, 7) is 2.64. The van der Waals surface area contributed by atoms with Gasteiger partial charge < -0.3 is 16.4 Å². The number of hydrogen-bond donors (Lipinski definition) is 3. The van der Waals surface area contributed by atoms with Crippen LogP contribution in [0.15, 0.2) is 60.7 Å². The van der Waals surface area contributed by atoms with E-state index in [1.807, 2.05) is 67.6 Å². The third-order valence-corrected chi connectivity index (χ3v) is 4.52. The lowest BCUT2D eigenvalue weighted by Crippen LogP contribution is -2.43. The Hall–Kier alpha value is -2.66. The second-order valence-electron chi connectivity index (χ2n) is 6.76. The van der Waals surface area contributed by atoms with Gasteiger partial charge in [0.15, 0.2) is 0 Å². The van der Waals surface area contributed by atoms with Gasteiger partial charge >= 0.3 is 0 Å². The molecule has 0 spiro atoms. The summed E-state index contributed by atoms with van der Waals surface area (Å²) in [6.07, 6.45) is 2.62. The highest BCUT2D eigenvalue weighted by Gasteiger charge is 2.15. The van der Waals surface area contributed by atoms with Crippen LogP contribution in [0.2, 0.25) is 0 Å². The Morgan fingerprint density at radius 2 is 1.59 bits per heavy atom. The van der Waals surface area contributed by atoms with E-state index in [1.54, 1.807) is 0 Å². The molecule has 0 heterocycles. The van der Waals surface area contributed by atoms with E-state index < -0.39 is 0 Å². The molecule has 2 aromatic rings. The van der Waals surface area contributed by atoms with E-state index >= 15 is 0 Å². The minimum absolute atomic E-state index is 0.00180. The Labute approximate surface area is 161 Å². The molecule has 4 N–H and O–H groups in total. The molecule has 0 bridgehead atoms. The third-order valence-electron chi connectivity index (χ3n) is 4.52. The topological polar surface area (TPSA) is 84.2 Å². The van der Waals surface area contributed by atoms with Gasteiger partial charge in [-0.2, -0.15) is 0 Å². The monoisotopic (exact) mass is 367 g/mol. The van der Waals surface area contributed by atoms with Crippen LogP contribution < -0.4 is 16.4 Å². The molecule has 5 nitrogen and oxygen atoms in total. The predicted octanol–water partition coefficient (Wildman–Crippen LogP) is 2.72. The first-order chi connectivity index (χ1) is 13.1. The molecule has 0 aromatic heterocycles. The molecule has 0 aliphatic heterocycles. The van der Waals surface area contributed by atoms with Crippen LogP contribution in [0.4, 0.5) is 0 Å². The zero-order valence-corrected chi connectivity index (χ0v) is 15.9. The highest BCUT2D eigenvalue weighted by molar-refractivity contribution is 5.80. The molecule has 144 valence electrons. The molecule has 0 saturated carbocycles. The zero-order valence-electron chi connectivity index (χ0n) is 15.9. The quantitative estimate of drug-likeness (QED) is 0.534. The Bertz CT molecular complexity index is 704. The number of hydrogen-bond acceptors (Lipinski definition) is 3. The number of benzene rings is 2. The van der Waals surface area contributed by atoms with Crippen LogP contribution in [0.25, 0.3) is 0 Å². The largest absolute Gasteiger partial charge is 0.368 e. The Morgan fingerprint density at radius 1 is 0.963 bits per heavy atom. The van der Waals surface area contributed by atoms with Gasteiger partial charge in [-0.15, -0.1) is 0 Å². The third kappa shape index (κ3) is 7.62. The van der Waals surface area contributed by atoms with E-state index in [2.05, 4.69) is 10.6 Å². The van der Waals surface area contributed by atoms with Crippen LogP contribution in [0.3, 0.4) is 0 Å². The van der Waals surface area contributed by atoms with Crippen LogP contribution in [0.5, 0.6) is 0 Å². The van der Waals surface area contributed by atoms with E-state index in [9.17, 15) is 9.59 Å². The molecule has 27 heavy (non-hydrogen) atoms. The van der Waals surface area contributed by atoms with Crippen LogP contribution in [0.1, 0.15) is 43.4 Å². The molecule has 2 amide bonds. The van der Waals surface area contributed by atoms with Gasteiger partial charge in [0.1, 0.15) is 0 Å². The van der Waals surface area contributed by atoms with Gasteiger partial charge in [0.05, 0.1) is 12.1 Å². The lowest BCUT2D eigenvalue weighted by Gasteiger charge is -2.16. The molecule has 0 radical (unpaired) electrons. The Morgan fingerprint density at radius 3 is 2.22 bits per heavy atom. The number of carbonyl (C=O) groups excluding carboxylic acids is 2. The molecule has 2 aromatic carbocycles. The predicted molar refractivity (Wildman–Crippen MR) is 108 cm³/mol. The number of nitrogens with one attached hydrogen (secondary N) is 2. The van der Waals surface area contributed by atoms with E-state index in [0.717, 1.165) is 24.0 Å². The summed E-state index contributed by atoms with van der Waals surface area (Å²) in [5.74, 6) is -0.310. The maximum Gasteiger partial charge on any atom is 0.234 e. The average Bonchev–Trinajstić information content (AvgIpc) is 2.68. The smallest absolute Gasteiger partial charge is 0.234 e. The number of nitrogens with two attached hydrogens (primary N) is 1. The van der Waals surface area contributed by atoms with E-state index in [4.69, 9.17) is 5.73 Å². The number of carbonyl (C=O) groups is 2. The van der Waals surface area contributed by atoms with Gasteiger partial charge in [-0.05, 0) is 43.9 Å². The van der Waals surface area contributed by atoms with Crippen LogP contribution in [-0.4, -0.2) is 24.4 Å². The molecule has 0 fully saturated rings. The molecule has 5 heteroatoms. The summed E-state index contributed by atoms with van der Waals surface area (Å²) >= 11 is 0. The highest BCUT2D eigenvalue weighted by Crippen LogP contribution is 2.11. The first-order valence-electron chi connectivity index (χ1n) is 9.47. The molecule has 1 unspecified atom stereocenters. The highest BCUT2D eigenvalue weighted by atomic mass is 16.2. The van der Waals surface area contributed by atoms with Gasteiger partial charge in [-0.3, -0.25) is 9.59 Å². The van der Waals surface area contributed by atoms with E-state index in [0.29, 0.717) is 19.4 Å².